The van der Waals surface area contributed by atoms with E-state index in [4.69, 9.17) is 15.6 Å². The summed E-state index contributed by atoms with van der Waals surface area (Å²) in [6, 6.07) is 0. The molecule has 4 N–H and O–H groups in total. The monoisotopic (exact) mass is 300 g/mol. The second-order valence-corrected chi connectivity index (χ2v) is 4.92. The molecule has 0 aliphatic carbocycles. The summed E-state index contributed by atoms with van der Waals surface area (Å²) in [5.41, 5.74) is 5.77. The summed E-state index contributed by atoms with van der Waals surface area (Å²) in [6.45, 7) is 0.984. The fraction of sp³-hybridized carbons (Fsp3) is 0.500. The molecule has 1 aliphatic heterocycles. The van der Waals surface area contributed by atoms with Gasteiger partial charge in [-0.15, -0.1) is 0 Å². The third-order valence-corrected chi connectivity index (χ3v) is 3.51. The fourth-order valence-corrected chi connectivity index (χ4v) is 2.52. The van der Waals surface area contributed by atoms with Crippen LogP contribution in [0.5, 0.6) is 0 Å². The quantitative estimate of drug-likeness (QED) is 0.723. The molecule has 2 aromatic heterocycles. The van der Waals surface area contributed by atoms with Gasteiger partial charge in [0.15, 0.2) is 23.9 Å². The molecule has 0 spiro atoms. The molecule has 3 rings (SSSR count). The van der Waals surface area contributed by atoms with Crippen LogP contribution in [-0.4, -0.2) is 49.7 Å². The first-order valence-corrected chi connectivity index (χ1v) is 6.32. The summed E-state index contributed by atoms with van der Waals surface area (Å²) in [6.07, 6.45) is -4.67. The lowest BCUT2D eigenvalue weighted by Crippen LogP contribution is -2.29. The van der Waals surface area contributed by atoms with Crippen molar-refractivity contribution in [2.24, 2.45) is 0 Å². The van der Waals surface area contributed by atoms with Crippen molar-refractivity contribution >= 4 is 16.9 Å². The number of nitrogens with zero attached hydrogens (tertiary/aromatic N) is 3. The zero-order valence-electron chi connectivity index (χ0n) is 11.1. The smallest absolute Gasteiger partial charge is 0.164 e. The van der Waals surface area contributed by atoms with E-state index < -0.39 is 37.0 Å². The number of hydrogen-bond donors (Lipinski definition) is 3. The molecule has 3 heterocycles. The Morgan fingerprint density at radius 3 is 2.81 bits per heavy atom. The van der Waals surface area contributed by atoms with E-state index >= 15 is 0 Å². The van der Waals surface area contributed by atoms with Gasteiger partial charge in [0.1, 0.15) is 23.9 Å². The molecule has 2 aromatic rings. The SMILES string of the molecule is Cc1nc(N)c2c(F)cn([C@@H]3O[C@H](CO)[C@@H](F)[C@H]3O)c2n1. The second kappa shape index (κ2) is 4.86. The minimum atomic E-state index is -1.78. The van der Waals surface area contributed by atoms with Crippen LogP contribution in [0.2, 0.25) is 0 Å². The van der Waals surface area contributed by atoms with Gasteiger partial charge in [-0.2, -0.15) is 0 Å². The first-order valence-electron chi connectivity index (χ1n) is 6.32. The van der Waals surface area contributed by atoms with Gasteiger partial charge in [-0.3, -0.25) is 0 Å². The number of nitrogens with two attached hydrogens (primary N) is 1. The van der Waals surface area contributed by atoms with E-state index in [0.29, 0.717) is 5.82 Å². The van der Waals surface area contributed by atoms with Crippen LogP contribution in [0, 0.1) is 12.7 Å². The summed E-state index contributed by atoms with van der Waals surface area (Å²) in [7, 11) is 0. The zero-order chi connectivity index (χ0) is 15.3. The van der Waals surface area contributed by atoms with Gasteiger partial charge in [-0.05, 0) is 6.92 Å². The summed E-state index contributed by atoms with van der Waals surface area (Å²) >= 11 is 0. The topological polar surface area (TPSA) is 106 Å². The lowest BCUT2D eigenvalue weighted by atomic mass is 10.1. The molecule has 1 fully saturated rings. The Balaban J connectivity index is 2.13. The molecule has 9 heteroatoms. The van der Waals surface area contributed by atoms with Gasteiger partial charge < -0.3 is 25.3 Å². The predicted molar refractivity (Wildman–Crippen MR) is 68.5 cm³/mol. The lowest BCUT2D eigenvalue weighted by molar-refractivity contribution is -0.0495. The molecule has 114 valence electrons. The Labute approximate surface area is 118 Å². The molecular weight excluding hydrogens is 286 g/mol. The molecule has 0 amide bonds. The number of aryl methyl sites for hydroxylation is 1. The maximum atomic E-state index is 14.0. The Morgan fingerprint density at radius 1 is 1.48 bits per heavy atom. The van der Waals surface area contributed by atoms with Crippen LogP contribution in [0.4, 0.5) is 14.6 Å². The summed E-state index contributed by atoms with van der Waals surface area (Å²) in [5.74, 6) is -0.430. The Morgan fingerprint density at radius 2 is 2.19 bits per heavy atom. The van der Waals surface area contributed by atoms with Crippen molar-refractivity contribution in [1.82, 2.24) is 14.5 Å². The maximum absolute atomic E-state index is 14.0. The first kappa shape index (κ1) is 14.1. The molecule has 7 nitrogen and oxygen atoms in total. The molecular formula is C12H14F2N4O3. The van der Waals surface area contributed by atoms with Crippen LogP contribution < -0.4 is 5.73 Å². The number of aromatic nitrogens is 3. The number of nitrogen functional groups attached to an aromatic ring is 1. The third kappa shape index (κ3) is 2.04. The van der Waals surface area contributed by atoms with Gasteiger partial charge in [0, 0.05) is 6.20 Å². The van der Waals surface area contributed by atoms with Crippen LogP contribution in [-0.2, 0) is 4.74 Å². The van der Waals surface area contributed by atoms with E-state index in [1.165, 1.54) is 4.57 Å². The van der Waals surface area contributed by atoms with Gasteiger partial charge >= 0.3 is 0 Å². The molecule has 0 radical (unpaired) electrons. The number of anilines is 1. The van der Waals surface area contributed by atoms with E-state index in [2.05, 4.69) is 9.97 Å². The van der Waals surface area contributed by atoms with Crippen molar-refractivity contribution in [1.29, 1.82) is 0 Å². The maximum Gasteiger partial charge on any atom is 0.164 e. The number of hydrogen-bond acceptors (Lipinski definition) is 6. The highest BCUT2D eigenvalue weighted by atomic mass is 19.1. The van der Waals surface area contributed by atoms with Crippen LogP contribution in [0.3, 0.4) is 0 Å². The number of ether oxygens (including phenoxy) is 1. The Bertz CT molecular complexity index is 693. The second-order valence-electron chi connectivity index (χ2n) is 4.92. The molecule has 0 bridgehead atoms. The number of rotatable bonds is 2. The number of fused-ring (bicyclic) bond motifs is 1. The summed E-state index contributed by atoms with van der Waals surface area (Å²) < 4.78 is 34.2. The average molecular weight is 300 g/mol. The van der Waals surface area contributed by atoms with Gasteiger partial charge in [0.2, 0.25) is 0 Å². The van der Waals surface area contributed by atoms with E-state index in [9.17, 15) is 13.9 Å². The number of aliphatic hydroxyl groups excluding tert-OH is 2. The first-order chi connectivity index (χ1) is 9.93. The Hall–Kier alpha value is -1.84. The molecule has 1 aliphatic rings. The van der Waals surface area contributed by atoms with Gasteiger partial charge in [-0.1, -0.05) is 0 Å². The highest BCUT2D eigenvalue weighted by molar-refractivity contribution is 5.87. The number of halogens is 2. The minimum Gasteiger partial charge on any atom is -0.394 e. The standard InChI is InChI=1S/C12H14F2N4O3/c1-4-16-10(15)7-5(13)2-18(11(7)17-4)12-9(20)8(14)6(3-19)21-12/h2,6,8-9,12,19-20H,3H2,1H3,(H2,15,16,17)/t6-,8-,9-,12-/m1/s1. The van der Waals surface area contributed by atoms with E-state index in [1.807, 2.05) is 0 Å². The number of alkyl halides is 1. The predicted octanol–water partition coefficient (Wildman–Crippen LogP) is 0.0497. The molecule has 1 saturated heterocycles. The van der Waals surface area contributed by atoms with Crippen molar-refractivity contribution in [3.05, 3.63) is 17.8 Å². The molecule has 4 atom stereocenters. The van der Waals surface area contributed by atoms with E-state index in [1.54, 1.807) is 6.92 Å². The van der Waals surface area contributed by atoms with Crippen molar-refractivity contribution in [3.63, 3.8) is 0 Å². The van der Waals surface area contributed by atoms with Crippen molar-refractivity contribution in [2.75, 3.05) is 12.3 Å². The highest BCUT2D eigenvalue weighted by Crippen LogP contribution is 2.35. The lowest BCUT2D eigenvalue weighted by Gasteiger charge is -2.16. The zero-order valence-corrected chi connectivity index (χ0v) is 11.1. The van der Waals surface area contributed by atoms with E-state index in [0.717, 1.165) is 6.20 Å². The van der Waals surface area contributed by atoms with E-state index in [-0.39, 0.29) is 16.9 Å². The minimum absolute atomic E-state index is 0.0146. The van der Waals surface area contributed by atoms with Gasteiger partial charge in [0.25, 0.3) is 0 Å². The Kier molecular flexibility index (Phi) is 3.27. The molecule has 0 saturated carbocycles. The summed E-state index contributed by atoms with van der Waals surface area (Å²) in [4.78, 5) is 7.93. The van der Waals surface area contributed by atoms with Crippen LogP contribution in [0.1, 0.15) is 12.1 Å². The van der Waals surface area contributed by atoms with Crippen molar-refractivity contribution in [3.8, 4) is 0 Å². The normalized spacial score (nSPS) is 29.4. The van der Waals surface area contributed by atoms with Crippen LogP contribution in [0.15, 0.2) is 6.20 Å². The van der Waals surface area contributed by atoms with Crippen molar-refractivity contribution < 1.29 is 23.7 Å². The van der Waals surface area contributed by atoms with Crippen LogP contribution >= 0.6 is 0 Å². The molecule has 0 aromatic carbocycles. The highest BCUT2D eigenvalue weighted by Gasteiger charge is 2.45. The third-order valence-electron chi connectivity index (χ3n) is 3.51. The average Bonchev–Trinajstić information content (AvgIpc) is 2.89. The van der Waals surface area contributed by atoms with Gasteiger partial charge in [0.05, 0.1) is 12.0 Å². The largest absolute Gasteiger partial charge is 0.394 e. The summed E-state index contributed by atoms with van der Waals surface area (Å²) in [5, 5.41) is 18.9. The fourth-order valence-electron chi connectivity index (χ4n) is 2.52. The van der Waals surface area contributed by atoms with Crippen molar-refractivity contribution in [2.45, 2.75) is 31.5 Å². The van der Waals surface area contributed by atoms with Crippen LogP contribution in [0.25, 0.3) is 11.0 Å². The molecule has 21 heavy (non-hydrogen) atoms. The van der Waals surface area contributed by atoms with Gasteiger partial charge in [-0.25, -0.2) is 18.7 Å². The molecule has 0 unspecified atom stereocenters. The number of aliphatic hydroxyl groups is 2.